The van der Waals surface area contributed by atoms with Crippen molar-refractivity contribution in [3.8, 4) is 5.88 Å². The molecule has 4 aromatic heterocycles. The summed E-state index contributed by atoms with van der Waals surface area (Å²) in [6, 6.07) is 11.0. The number of ether oxygens (including phenoxy) is 1. The number of nitrogens with zero attached hydrogens (tertiary/aromatic N) is 5. The smallest absolute Gasteiger partial charge is 0.327 e. The molecule has 16 nitrogen and oxygen atoms in total. The van der Waals surface area contributed by atoms with Crippen LogP contribution in [0.2, 0.25) is 0 Å². The molecule has 0 aliphatic heterocycles. The van der Waals surface area contributed by atoms with E-state index in [1.807, 2.05) is 24.3 Å². The zero-order valence-electron chi connectivity index (χ0n) is 25.3. The molecule has 16 heteroatoms. The number of unbranched alkanes of at least 4 members (excludes halogenated alkanes) is 2. The van der Waals surface area contributed by atoms with Crippen LogP contribution in [0.5, 0.6) is 5.88 Å². The second-order valence-electron chi connectivity index (χ2n) is 10.9. The van der Waals surface area contributed by atoms with Crippen molar-refractivity contribution in [2.75, 3.05) is 12.3 Å². The zero-order chi connectivity index (χ0) is 32.9. The predicted molar refractivity (Wildman–Crippen MR) is 173 cm³/mol. The third-order valence-electron chi connectivity index (χ3n) is 7.45. The van der Waals surface area contributed by atoms with Crippen molar-refractivity contribution >= 4 is 51.1 Å². The van der Waals surface area contributed by atoms with Gasteiger partial charge in [0, 0.05) is 25.1 Å². The first-order valence-electron chi connectivity index (χ1n) is 14.9. The largest absolute Gasteiger partial charge is 0.471 e. The summed E-state index contributed by atoms with van der Waals surface area (Å²) in [5, 5.41) is 5.84. The van der Waals surface area contributed by atoms with Crippen molar-refractivity contribution in [1.29, 1.82) is 0 Å². The molecule has 6 rings (SSSR count). The summed E-state index contributed by atoms with van der Waals surface area (Å²) >= 11 is 0. The van der Waals surface area contributed by atoms with Crippen LogP contribution in [-0.2, 0) is 17.9 Å². The van der Waals surface area contributed by atoms with Gasteiger partial charge < -0.3 is 26.1 Å². The van der Waals surface area contributed by atoms with Crippen molar-refractivity contribution in [3.05, 3.63) is 85.8 Å². The van der Waals surface area contributed by atoms with Gasteiger partial charge in [0.15, 0.2) is 16.8 Å². The van der Waals surface area contributed by atoms with E-state index in [1.165, 1.54) is 6.33 Å². The van der Waals surface area contributed by atoms with Gasteiger partial charge in [-0.25, -0.2) is 19.7 Å². The summed E-state index contributed by atoms with van der Waals surface area (Å²) in [6.45, 7) is 2.90. The third kappa shape index (κ3) is 7.22. The number of H-pyrrole nitrogens is 3. The predicted octanol–water partition coefficient (Wildman–Crippen LogP) is 1.90. The Morgan fingerprint density at radius 1 is 0.915 bits per heavy atom. The molecule has 240 valence electrons. The molecular formula is C31H31N11O5. The summed E-state index contributed by atoms with van der Waals surface area (Å²) in [4.78, 5) is 77.2. The van der Waals surface area contributed by atoms with E-state index in [0.29, 0.717) is 71.6 Å². The number of carbonyl (C=O) groups is 2. The number of aromatic amines is 3. The normalized spacial score (nSPS) is 11.3. The van der Waals surface area contributed by atoms with E-state index in [4.69, 9.17) is 10.5 Å². The minimum Gasteiger partial charge on any atom is -0.471 e. The molecule has 2 aromatic carbocycles. The Balaban J connectivity index is 0.903. The number of hydrogen-bond acceptors (Lipinski definition) is 11. The summed E-state index contributed by atoms with van der Waals surface area (Å²) in [7, 11) is 0. The molecule has 0 radical (unpaired) electrons. The van der Waals surface area contributed by atoms with Crippen molar-refractivity contribution in [2.45, 2.75) is 45.8 Å². The highest BCUT2D eigenvalue weighted by atomic mass is 16.5. The van der Waals surface area contributed by atoms with Crippen LogP contribution in [0.15, 0.2) is 52.3 Å². The first kappa shape index (κ1) is 30.8. The molecule has 0 aliphatic carbocycles. The number of rotatable bonds is 12. The highest BCUT2D eigenvalue weighted by molar-refractivity contribution is 5.99. The molecule has 0 atom stereocenters. The van der Waals surface area contributed by atoms with Gasteiger partial charge >= 0.3 is 5.69 Å². The van der Waals surface area contributed by atoms with Crippen molar-refractivity contribution in [3.63, 3.8) is 0 Å². The quantitative estimate of drug-likeness (QED) is 0.0836. The van der Waals surface area contributed by atoms with Crippen LogP contribution in [-0.4, -0.2) is 58.2 Å². The Morgan fingerprint density at radius 3 is 2.53 bits per heavy atom. The first-order valence-corrected chi connectivity index (χ1v) is 14.9. The van der Waals surface area contributed by atoms with E-state index in [0.717, 1.165) is 17.5 Å². The lowest BCUT2D eigenvalue weighted by Crippen LogP contribution is -2.26. The average molecular weight is 638 g/mol. The molecule has 47 heavy (non-hydrogen) atoms. The second-order valence-corrected chi connectivity index (χ2v) is 10.9. The Bertz CT molecular complexity index is 2220. The molecular weight excluding hydrogens is 606 g/mol. The van der Waals surface area contributed by atoms with Gasteiger partial charge in [-0.05, 0) is 48.6 Å². The Kier molecular flexibility index (Phi) is 8.81. The number of benzene rings is 2. The number of hydrogen-bond donors (Lipinski definition) is 6. The van der Waals surface area contributed by atoms with Crippen LogP contribution in [0.1, 0.15) is 52.7 Å². The number of fused-ring (bicyclic) bond motifs is 3. The highest BCUT2D eigenvalue weighted by Gasteiger charge is 2.14. The monoisotopic (exact) mass is 637 g/mol. The fourth-order valence-electron chi connectivity index (χ4n) is 5.00. The van der Waals surface area contributed by atoms with Gasteiger partial charge in [0.05, 0.1) is 17.4 Å². The SMILES string of the molecule is Cc1cc2nc3c(=O)[nH]c(=O)[nH]c3nc2cc1C(=O)NCCCCCC(=O)NCc1ccc(COc2nc(N)nc3nc[nH]c23)cc1. The fourth-order valence-corrected chi connectivity index (χ4v) is 5.00. The molecule has 0 unspecified atom stereocenters. The van der Waals surface area contributed by atoms with Gasteiger partial charge in [0.2, 0.25) is 17.7 Å². The lowest BCUT2D eigenvalue weighted by Gasteiger charge is -2.10. The summed E-state index contributed by atoms with van der Waals surface area (Å²) < 4.78 is 5.81. The number of aryl methyl sites for hydroxylation is 1. The molecule has 0 spiro atoms. The van der Waals surface area contributed by atoms with Crippen LogP contribution in [0.3, 0.4) is 0 Å². The number of aromatic nitrogens is 8. The van der Waals surface area contributed by atoms with Crippen LogP contribution >= 0.6 is 0 Å². The molecule has 0 saturated carbocycles. The van der Waals surface area contributed by atoms with Crippen molar-refractivity contribution in [2.24, 2.45) is 0 Å². The van der Waals surface area contributed by atoms with E-state index in [2.05, 4.69) is 50.5 Å². The van der Waals surface area contributed by atoms with Crippen LogP contribution in [0.25, 0.3) is 33.4 Å². The number of nitrogens with one attached hydrogen (secondary N) is 5. The lowest BCUT2D eigenvalue weighted by molar-refractivity contribution is -0.121. The summed E-state index contributed by atoms with van der Waals surface area (Å²) in [5.74, 6) is 0.0947. The van der Waals surface area contributed by atoms with Gasteiger partial charge in [0.1, 0.15) is 12.1 Å². The number of imidazole rings is 1. The summed E-state index contributed by atoms with van der Waals surface area (Å²) in [6.07, 6.45) is 4.04. The Morgan fingerprint density at radius 2 is 1.70 bits per heavy atom. The zero-order valence-corrected chi connectivity index (χ0v) is 25.3. The molecule has 6 aromatic rings. The van der Waals surface area contributed by atoms with E-state index in [9.17, 15) is 19.2 Å². The van der Waals surface area contributed by atoms with Gasteiger partial charge in [-0.2, -0.15) is 9.97 Å². The van der Waals surface area contributed by atoms with E-state index in [1.54, 1.807) is 19.1 Å². The fraction of sp³-hybridized carbons (Fsp3) is 0.258. The van der Waals surface area contributed by atoms with Gasteiger partial charge in [-0.15, -0.1) is 0 Å². The third-order valence-corrected chi connectivity index (χ3v) is 7.45. The molecule has 7 N–H and O–H groups in total. The summed E-state index contributed by atoms with van der Waals surface area (Å²) in [5.41, 5.74) is 9.28. The number of carbonyl (C=O) groups excluding carboxylic acids is 2. The van der Waals surface area contributed by atoms with Gasteiger partial charge in [-0.3, -0.25) is 24.4 Å². The number of anilines is 1. The number of nitrogen functional groups attached to an aromatic ring is 1. The maximum atomic E-state index is 12.9. The van der Waals surface area contributed by atoms with Crippen LogP contribution in [0.4, 0.5) is 5.95 Å². The Hall–Kier alpha value is -6.19. The molecule has 4 heterocycles. The Labute approximate surface area is 265 Å². The van der Waals surface area contributed by atoms with Gasteiger partial charge in [0.25, 0.3) is 11.5 Å². The lowest BCUT2D eigenvalue weighted by atomic mass is 10.1. The number of amides is 2. The van der Waals surface area contributed by atoms with Crippen LogP contribution in [0, 0.1) is 6.92 Å². The van der Waals surface area contributed by atoms with Crippen molar-refractivity contribution in [1.82, 2.24) is 50.5 Å². The molecule has 0 saturated heterocycles. The average Bonchev–Trinajstić information content (AvgIpc) is 3.52. The second kappa shape index (κ2) is 13.4. The number of nitrogens with two attached hydrogens (primary N) is 1. The minimum absolute atomic E-state index is 0.0159. The maximum absolute atomic E-state index is 12.9. The molecule has 0 bridgehead atoms. The first-order chi connectivity index (χ1) is 22.7. The minimum atomic E-state index is -0.684. The van der Waals surface area contributed by atoms with Crippen LogP contribution < -0.4 is 32.4 Å². The topological polar surface area (TPSA) is 239 Å². The van der Waals surface area contributed by atoms with E-state index in [-0.39, 0.29) is 35.5 Å². The standard InChI is InChI=1S/C31H31N11O5/c1-16-11-20-21(38-26-23(37-20)28(45)41-31(46)40-26)12-19(16)27(44)33-10-4-2-3-5-22(43)34-13-17-6-8-18(9-7-17)14-47-29-24-25(36-15-35-24)39-30(32)42-29/h6-9,11-12,15H,2-5,10,13-14H2,1H3,(H,33,44)(H,34,43)(H3,32,35,36,39,42)(H2,38,40,41,45,46). The van der Waals surface area contributed by atoms with E-state index >= 15 is 0 Å². The van der Waals surface area contributed by atoms with E-state index < -0.39 is 11.2 Å². The van der Waals surface area contributed by atoms with Crippen molar-refractivity contribution < 1.29 is 14.3 Å². The maximum Gasteiger partial charge on any atom is 0.327 e. The molecule has 2 amide bonds. The van der Waals surface area contributed by atoms with Gasteiger partial charge in [-0.1, -0.05) is 30.7 Å². The highest BCUT2D eigenvalue weighted by Crippen LogP contribution is 2.21. The molecule has 0 fully saturated rings. The molecule has 0 aliphatic rings.